The number of benzene rings is 1. The van der Waals surface area contributed by atoms with Gasteiger partial charge in [0.15, 0.2) is 0 Å². The second-order valence-corrected chi connectivity index (χ2v) is 8.46. The number of nitrogens with one attached hydrogen (secondary N) is 2. The normalized spacial score (nSPS) is 21.4. The van der Waals surface area contributed by atoms with Crippen LogP contribution in [0.15, 0.2) is 24.3 Å². The molecule has 0 bridgehead atoms. The van der Waals surface area contributed by atoms with Gasteiger partial charge in [-0.05, 0) is 31.0 Å². The molecule has 1 aliphatic rings. The fraction of sp³-hybridized carbons (Fsp3) is 0.588. The van der Waals surface area contributed by atoms with Gasteiger partial charge in [0.1, 0.15) is 0 Å². The SMILES string of the molecule is CNS(=O)(=O)Cc1ccc(CNC(=O)C2CCCCC2C(F)(F)F)cc1. The maximum atomic E-state index is 13.1. The predicted molar refractivity (Wildman–Crippen MR) is 91.5 cm³/mol. The van der Waals surface area contributed by atoms with Crippen LogP contribution in [-0.2, 0) is 27.1 Å². The summed E-state index contributed by atoms with van der Waals surface area (Å²) in [7, 11) is -2.04. The Morgan fingerprint density at radius 3 is 2.27 bits per heavy atom. The molecule has 146 valence electrons. The summed E-state index contributed by atoms with van der Waals surface area (Å²) in [6.45, 7) is 0.110. The number of alkyl halides is 3. The first-order chi connectivity index (χ1) is 12.1. The van der Waals surface area contributed by atoms with Crippen molar-refractivity contribution in [2.24, 2.45) is 11.8 Å². The summed E-state index contributed by atoms with van der Waals surface area (Å²) >= 11 is 0. The number of sulfonamides is 1. The third-order valence-electron chi connectivity index (χ3n) is 4.68. The maximum Gasteiger partial charge on any atom is 0.392 e. The summed E-state index contributed by atoms with van der Waals surface area (Å²) in [5.41, 5.74) is 1.28. The van der Waals surface area contributed by atoms with Crippen LogP contribution < -0.4 is 10.0 Å². The van der Waals surface area contributed by atoms with E-state index in [0.717, 1.165) is 0 Å². The van der Waals surface area contributed by atoms with Crippen LogP contribution in [-0.4, -0.2) is 27.5 Å². The Hall–Kier alpha value is -1.61. The lowest BCUT2D eigenvalue weighted by Gasteiger charge is -2.32. The first kappa shape index (κ1) is 20.7. The van der Waals surface area contributed by atoms with Crippen LogP contribution in [0.5, 0.6) is 0 Å². The highest BCUT2D eigenvalue weighted by Gasteiger charge is 2.47. The predicted octanol–water partition coefficient (Wildman–Crippen LogP) is 2.72. The maximum absolute atomic E-state index is 13.1. The van der Waals surface area contributed by atoms with E-state index in [0.29, 0.717) is 24.0 Å². The average molecular weight is 392 g/mol. The average Bonchev–Trinajstić information content (AvgIpc) is 2.60. The van der Waals surface area contributed by atoms with Crippen LogP contribution in [0.3, 0.4) is 0 Å². The van der Waals surface area contributed by atoms with Crippen molar-refractivity contribution < 1.29 is 26.4 Å². The van der Waals surface area contributed by atoms with Crippen molar-refractivity contribution in [3.05, 3.63) is 35.4 Å². The quantitative estimate of drug-likeness (QED) is 0.782. The Kier molecular flexibility index (Phi) is 6.68. The van der Waals surface area contributed by atoms with Gasteiger partial charge < -0.3 is 5.32 Å². The van der Waals surface area contributed by atoms with Crippen LogP contribution in [0.4, 0.5) is 13.2 Å². The molecule has 0 heterocycles. The van der Waals surface area contributed by atoms with Gasteiger partial charge in [-0.1, -0.05) is 37.1 Å². The number of carbonyl (C=O) groups excluding carboxylic acids is 1. The van der Waals surface area contributed by atoms with Crippen LogP contribution >= 0.6 is 0 Å². The minimum Gasteiger partial charge on any atom is -0.352 e. The molecule has 26 heavy (non-hydrogen) atoms. The van der Waals surface area contributed by atoms with E-state index in [1.54, 1.807) is 24.3 Å². The van der Waals surface area contributed by atoms with Gasteiger partial charge in [-0.25, -0.2) is 13.1 Å². The second kappa shape index (κ2) is 8.39. The van der Waals surface area contributed by atoms with Gasteiger partial charge in [-0.2, -0.15) is 13.2 Å². The van der Waals surface area contributed by atoms with E-state index < -0.39 is 33.9 Å². The molecule has 1 amide bonds. The Morgan fingerprint density at radius 2 is 1.69 bits per heavy atom. The molecule has 5 nitrogen and oxygen atoms in total. The molecule has 0 spiro atoms. The number of hydrogen-bond donors (Lipinski definition) is 2. The first-order valence-electron chi connectivity index (χ1n) is 8.46. The third kappa shape index (κ3) is 5.70. The molecule has 9 heteroatoms. The third-order valence-corrected chi connectivity index (χ3v) is 6.02. The highest BCUT2D eigenvalue weighted by Crippen LogP contribution is 2.41. The molecule has 0 aromatic heterocycles. The molecule has 1 aliphatic carbocycles. The molecular formula is C17H23F3N2O3S. The first-order valence-corrected chi connectivity index (χ1v) is 10.1. The monoisotopic (exact) mass is 392 g/mol. The molecule has 2 N–H and O–H groups in total. The fourth-order valence-corrected chi connectivity index (χ4v) is 3.98. The Balaban J connectivity index is 1.94. The van der Waals surface area contributed by atoms with Crippen LogP contribution in [0.1, 0.15) is 36.8 Å². The van der Waals surface area contributed by atoms with Crippen molar-refractivity contribution in [1.82, 2.24) is 10.0 Å². The molecule has 0 saturated heterocycles. The van der Waals surface area contributed by atoms with E-state index in [1.807, 2.05) is 0 Å². The standard InChI is InChI=1S/C17H23F3N2O3S/c1-21-26(24,25)11-13-8-6-12(7-9-13)10-22-16(23)14-4-2-3-5-15(14)17(18,19)20/h6-9,14-15,21H,2-5,10-11H2,1H3,(H,22,23). The largest absolute Gasteiger partial charge is 0.392 e. The van der Waals surface area contributed by atoms with E-state index in [4.69, 9.17) is 0 Å². The summed E-state index contributed by atoms with van der Waals surface area (Å²) in [5.74, 6) is -3.35. The van der Waals surface area contributed by atoms with Crippen molar-refractivity contribution in [3.63, 3.8) is 0 Å². The van der Waals surface area contributed by atoms with Crippen molar-refractivity contribution in [2.45, 2.75) is 44.2 Å². The molecule has 0 radical (unpaired) electrons. The molecule has 2 unspecified atom stereocenters. The Morgan fingerprint density at radius 1 is 1.12 bits per heavy atom. The number of carbonyl (C=O) groups is 1. The van der Waals surface area contributed by atoms with Gasteiger partial charge in [-0.15, -0.1) is 0 Å². The molecule has 0 aliphatic heterocycles. The lowest BCUT2D eigenvalue weighted by molar-refractivity contribution is -0.198. The Labute approximate surface area is 151 Å². The molecular weight excluding hydrogens is 369 g/mol. The van der Waals surface area contributed by atoms with Gasteiger partial charge in [-0.3, -0.25) is 4.79 Å². The van der Waals surface area contributed by atoms with Gasteiger partial charge >= 0.3 is 6.18 Å². The van der Waals surface area contributed by atoms with Crippen molar-refractivity contribution in [3.8, 4) is 0 Å². The number of hydrogen-bond acceptors (Lipinski definition) is 3. The topological polar surface area (TPSA) is 75.3 Å². The lowest BCUT2D eigenvalue weighted by atomic mass is 9.78. The van der Waals surface area contributed by atoms with Crippen LogP contribution in [0, 0.1) is 11.8 Å². The van der Waals surface area contributed by atoms with E-state index >= 15 is 0 Å². The fourth-order valence-electron chi connectivity index (χ4n) is 3.20. The summed E-state index contributed by atoms with van der Waals surface area (Å²) in [6, 6.07) is 6.55. The number of amides is 1. The Bertz CT molecular complexity index is 718. The van der Waals surface area contributed by atoms with Crippen molar-refractivity contribution in [1.29, 1.82) is 0 Å². The second-order valence-electron chi connectivity index (χ2n) is 6.54. The van der Waals surface area contributed by atoms with E-state index in [1.165, 1.54) is 7.05 Å². The lowest BCUT2D eigenvalue weighted by Crippen LogP contribution is -2.42. The summed E-state index contributed by atoms with van der Waals surface area (Å²) in [5, 5.41) is 2.58. The molecule has 2 rings (SSSR count). The van der Waals surface area contributed by atoms with Gasteiger partial charge in [0.25, 0.3) is 0 Å². The number of rotatable bonds is 6. The van der Waals surface area contributed by atoms with E-state index in [9.17, 15) is 26.4 Å². The highest BCUT2D eigenvalue weighted by atomic mass is 32.2. The number of halogens is 3. The smallest absolute Gasteiger partial charge is 0.352 e. The van der Waals surface area contributed by atoms with Crippen LogP contribution in [0.2, 0.25) is 0 Å². The van der Waals surface area contributed by atoms with E-state index in [2.05, 4.69) is 10.0 Å². The summed E-state index contributed by atoms with van der Waals surface area (Å²) in [4.78, 5) is 12.2. The zero-order valence-corrected chi connectivity index (χ0v) is 15.3. The summed E-state index contributed by atoms with van der Waals surface area (Å²) in [6.07, 6.45) is -3.00. The molecule has 1 fully saturated rings. The minimum absolute atomic E-state index is 0.00375. The van der Waals surface area contributed by atoms with E-state index in [-0.39, 0.29) is 25.1 Å². The molecule has 1 aromatic carbocycles. The van der Waals surface area contributed by atoms with Gasteiger partial charge in [0.05, 0.1) is 11.7 Å². The molecule has 2 atom stereocenters. The van der Waals surface area contributed by atoms with Crippen molar-refractivity contribution >= 4 is 15.9 Å². The van der Waals surface area contributed by atoms with Gasteiger partial charge in [0, 0.05) is 12.5 Å². The molecule has 1 aromatic rings. The molecule has 1 saturated carbocycles. The van der Waals surface area contributed by atoms with Crippen LogP contribution in [0.25, 0.3) is 0 Å². The minimum atomic E-state index is -4.36. The summed E-state index contributed by atoms with van der Waals surface area (Å²) < 4.78 is 64.5. The van der Waals surface area contributed by atoms with Crippen molar-refractivity contribution in [2.75, 3.05) is 7.05 Å². The highest BCUT2D eigenvalue weighted by molar-refractivity contribution is 7.88. The van der Waals surface area contributed by atoms with Gasteiger partial charge in [0.2, 0.25) is 15.9 Å². The zero-order chi connectivity index (χ0) is 19.4. The zero-order valence-electron chi connectivity index (χ0n) is 14.5.